The molecule has 0 aliphatic carbocycles. The lowest BCUT2D eigenvalue weighted by Crippen LogP contribution is -2.10. The molecular formula is C6H10N8. The van der Waals surface area contributed by atoms with Gasteiger partial charge in [0.2, 0.25) is 0 Å². The van der Waals surface area contributed by atoms with Crippen LogP contribution in [0.5, 0.6) is 0 Å². The molecule has 2 aromatic rings. The lowest BCUT2D eigenvalue weighted by atomic mass is 10.5. The van der Waals surface area contributed by atoms with Gasteiger partial charge in [0.15, 0.2) is 0 Å². The fourth-order valence-corrected chi connectivity index (χ4v) is 1.07. The van der Waals surface area contributed by atoms with Crippen LogP contribution in [0, 0.1) is 0 Å². The molecular weight excluding hydrogens is 184 g/mol. The number of nitrogens with zero attached hydrogens (tertiary/aromatic N) is 7. The molecule has 2 heterocycles. The Hall–Kier alpha value is -1.83. The smallest absolute Gasteiger partial charge is 0.138 e. The van der Waals surface area contributed by atoms with Crippen LogP contribution in [0.2, 0.25) is 0 Å². The number of hydrogen-bond acceptors (Lipinski definition) is 6. The number of aromatic nitrogens is 7. The van der Waals surface area contributed by atoms with Crippen LogP contribution in [0.3, 0.4) is 0 Å². The molecule has 0 aliphatic heterocycles. The summed E-state index contributed by atoms with van der Waals surface area (Å²) in [4.78, 5) is 0. The highest BCUT2D eigenvalue weighted by atomic mass is 15.5. The first-order valence-corrected chi connectivity index (χ1v) is 4.18. The summed E-state index contributed by atoms with van der Waals surface area (Å²) >= 11 is 0. The number of tetrazole rings is 1. The van der Waals surface area contributed by atoms with Gasteiger partial charge in [-0.1, -0.05) is 5.21 Å². The number of nitrogens with two attached hydrogens (primary N) is 1. The maximum absolute atomic E-state index is 5.38. The minimum atomic E-state index is 0.525. The zero-order valence-electron chi connectivity index (χ0n) is 7.48. The molecule has 0 aliphatic rings. The van der Waals surface area contributed by atoms with E-state index in [1.165, 1.54) is 6.33 Å². The van der Waals surface area contributed by atoms with Crippen molar-refractivity contribution in [2.75, 3.05) is 6.54 Å². The predicted octanol–water partition coefficient (Wildman–Crippen LogP) is -1.73. The Bertz CT molecular complexity index is 376. The molecule has 0 amide bonds. The van der Waals surface area contributed by atoms with Crippen molar-refractivity contribution in [2.24, 2.45) is 5.73 Å². The van der Waals surface area contributed by atoms with E-state index in [-0.39, 0.29) is 0 Å². The minimum Gasteiger partial charge on any atom is -0.329 e. The molecule has 0 bridgehead atoms. The Morgan fingerprint density at radius 2 is 2.21 bits per heavy atom. The first kappa shape index (κ1) is 8.75. The SMILES string of the molecule is NCCn1cc(Cn2cnnn2)nn1. The third-order valence-electron chi connectivity index (χ3n) is 1.66. The maximum atomic E-state index is 5.38. The van der Waals surface area contributed by atoms with Crippen molar-refractivity contribution in [3.8, 4) is 0 Å². The van der Waals surface area contributed by atoms with E-state index in [1.807, 2.05) is 6.20 Å². The summed E-state index contributed by atoms with van der Waals surface area (Å²) in [7, 11) is 0. The molecule has 8 heteroatoms. The zero-order valence-corrected chi connectivity index (χ0v) is 7.48. The van der Waals surface area contributed by atoms with E-state index in [9.17, 15) is 0 Å². The largest absolute Gasteiger partial charge is 0.329 e. The minimum absolute atomic E-state index is 0.525. The van der Waals surface area contributed by atoms with E-state index in [4.69, 9.17) is 5.73 Å². The van der Waals surface area contributed by atoms with Gasteiger partial charge in [-0.25, -0.2) is 4.68 Å². The first-order valence-electron chi connectivity index (χ1n) is 4.18. The Morgan fingerprint density at radius 1 is 1.29 bits per heavy atom. The average molecular weight is 194 g/mol. The van der Waals surface area contributed by atoms with E-state index < -0.39 is 0 Å². The molecule has 0 saturated heterocycles. The summed E-state index contributed by atoms with van der Waals surface area (Å²) in [5, 5.41) is 18.6. The molecule has 0 aromatic carbocycles. The molecule has 0 unspecified atom stereocenters. The van der Waals surface area contributed by atoms with Crippen LogP contribution in [-0.2, 0) is 13.1 Å². The van der Waals surface area contributed by atoms with E-state index in [2.05, 4.69) is 25.8 Å². The summed E-state index contributed by atoms with van der Waals surface area (Å²) in [5.41, 5.74) is 6.19. The van der Waals surface area contributed by atoms with Gasteiger partial charge in [0.25, 0.3) is 0 Å². The van der Waals surface area contributed by atoms with Crippen molar-refractivity contribution in [3.63, 3.8) is 0 Å². The van der Waals surface area contributed by atoms with Crippen molar-refractivity contribution in [2.45, 2.75) is 13.1 Å². The van der Waals surface area contributed by atoms with Gasteiger partial charge >= 0.3 is 0 Å². The highest BCUT2D eigenvalue weighted by Gasteiger charge is 2.01. The molecule has 2 rings (SSSR count). The van der Waals surface area contributed by atoms with Crippen molar-refractivity contribution in [1.29, 1.82) is 0 Å². The van der Waals surface area contributed by atoms with Gasteiger partial charge in [-0.2, -0.15) is 0 Å². The van der Waals surface area contributed by atoms with Crippen LogP contribution >= 0.6 is 0 Å². The summed E-state index contributed by atoms with van der Waals surface area (Å²) in [6, 6.07) is 0. The molecule has 74 valence electrons. The molecule has 0 saturated carbocycles. The lowest BCUT2D eigenvalue weighted by Gasteiger charge is -1.93. The summed E-state index contributed by atoms with van der Waals surface area (Å²) in [6.07, 6.45) is 3.36. The molecule has 0 fully saturated rings. The van der Waals surface area contributed by atoms with Crippen LogP contribution < -0.4 is 5.73 Å². The normalized spacial score (nSPS) is 10.6. The second-order valence-electron chi connectivity index (χ2n) is 2.77. The standard InChI is InChI=1S/C6H10N8/c7-1-2-13-3-6(9-11-13)4-14-5-8-10-12-14/h3,5H,1-2,4,7H2. The van der Waals surface area contributed by atoms with E-state index in [0.29, 0.717) is 19.6 Å². The van der Waals surface area contributed by atoms with Gasteiger partial charge in [-0.05, 0) is 10.4 Å². The predicted molar refractivity (Wildman–Crippen MR) is 46.0 cm³/mol. The Morgan fingerprint density at radius 3 is 2.93 bits per heavy atom. The third kappa shape index (κ3) is 1.91. The van der Waals surface area contributed by atoms with Crippen molar-refractivity contribution < 1.29 is 0 Å². The summed E-state index contributed by atoms with van der Waals surface area (Å²) in [6.45, 7) is 1.74. The van der Waals surface area contributed by atoms with Crippen LogP contribution in [-0.4, -0.2) is 41.7 Å². The van der Waals surface area contributed by atoms with Crippen LogP contribution in [0.15, 0.2) is 12.5 Å². The Balaban J connectivity index is 2.03. The average Bonchev–Trinajstić information content (AvgIpc) is 2.79. The van der Waals surface area contributed by atoms with Crippen LogP contribution in [0.25, 0.3) is 0 Å². The second-order valence-corrected chi connectivity index (χ2v) is 2.77. The van der Waals surface area contributed by atoms with Crippen molar-refractivity contribution in [1.82, 2.24) is 35.2 Å². The van der Waals surface area contributed by atoms with E-state index >= 15 is 0 Å². The molecule has 0 radical (unpaired) electrons. The molecule has 0 spiro atoms. The molecule has 0 atom stereocenters. The van der Waals surface area contributed by atoms with Crippen molar-refractivity contribution in [3.05, 3.63) is 18.2 Å². The monoisotopic (exact) mass is 194 g/mol. The summed E-state index contributed by atoms with van der Waals surface area (Å²) in [5.74, 6) is 0. The highest BCUT2D eigenvalue weighted by molar-refractivity contribution is 4.92. The van der Waals surface area contributed by atoms with Crippen LogP contribution in [0.4, 0.5) is 0 Å². The lowest BCUT2D eigenvalue weighted by molar-refractivity contribution is 0.597. The van der Waals surface area contributed by atoms with E-state index in [1.54, 1.807) is 9.36 Å². The van der Waals surface area contributed by atoms with Crippen molar-refractivity contribution >= 4 is 0 Å². The number of hydrogen-bond donors (Lipinski definition) is 1. The third-order valence-corrected chi connectivity index (χ3v) is 1.66. The van der Waals surface area contributed by atoms with Gasteiger partial charge in [-0.15, -0.1) is 10.2 Å². The van der Waals surface area contributed by atoms with Gasteiger partial charge in [-0.3, -0.25) is 4.68 Å². The van der Waals surface area contributed by atoms with E-state index in [0.717, 1.165) is 5.69 Å². The summed E-state index contributed by atoms with van der Waals surface area (Å²) < 4.78 is 3.27. The Kier molecular flexibility index (Phi) is 2.45. The maximum Gasteiger partial charge on any atom is 0.138 e. The highest BCUT2D eigenvalue weighted by Crippen LogP contribution is 1.94. The molecule has 14 heavy (non-hydrogen) atoms. The Labute approximate surface area is 79.7 Å². The molecule has 2 aromatic heterocycles. The quantitative estimate of drug-likeness (QED) is 0.620. The number of rotatable bonds is 4. The fraction of sp³-hybridized carbons (Fsp3) is 0.500. The second kappa shape index (κ2) is 3.92. The molecule has 2 N–H and O–H groups in total. The first-order chi connectivity index (χ1) is 6.88. The van der Waals surface area contributed by atoms with Gasteiger partial charge in [0, 0.05) is 6.54 Å². The molecule has 8 nitrogen and oxygen atoms in total. The van der Waals surface area contributed by atoms with Crippen LogP contribution in [0.1, 0.15) is 5.69 Å². The van der Waals surface area contributed by atoms with Gasteiger partial charge < -0.3 is 5.73 Å². The van der Waals surface area contributed by atoms with Gasteiger partial charge in [0.05, 0.1) is 19.3 Å². The fourth-order valence-electron chi connectivity index (χ4n) is 1.07. The zero-order chi connectivity index (χ0) is 9.80. The van der Waals surface area contributed by atoms with Gasteiger partial charge in [0.1, 0.15) is 12.0 Å². The topological polar surface area (TPSA) is 100 Å².